The Hall–Kier alpha value is -4.38. The molecule has 218 valence electrons. The van der Waals surface area contributed by atoms with Gasteiger partial charge in [-0.3, -0.25) is 9.36 Å². The summed E-state index contributed by atoms with van der Waals surface area (Å²) >= 11 is 4.48. The molecule has 1 atom stereocenters. The first-order chi connectivity index (χ1) is 21.6. The molecule has 0 spiro atoms. The SMILES string of the molecule is COc1ccc(OC)c(C2C3=C(N=c4sc(=Cc5ccc(Sc6nc7ccccc7s6)o5)c(=O)n42)c2ccccc2CC3)c1. The average Bonchev–Trinajstić information content (AvgIpc) is 3.76. The quantitative estimate of drug-likeness (QED) is 0.203. The highest BCUT2D eigenvalue weighted by atomic mass is 32.2. The molecule has 0 N–H and O–H groups in total. The van der Waals surface area contributed by atoms with Crippen LogP contribution in [0.4, 0.5) is 0 Å². The first-order valence-corrected chi connectivity index (χ1v) is 16.5. The molecule has 4 heterocycles. The van der Waals surface area contributed by atoms with Gasteiger partial charge in [0.15, 0.2) is 14.2 Å². The number of aryl methyl sites for hydroxylation is 1. The van der Waals surface area contributed by atoms with Crippen molar-refractivity contribution < 1.29 is 13.9 Å². The first kappa shape index (κ1) is 27.2. The number of furan rings is 1. The smallest absolute Gasteiger partial charge is 0.271 e. The number of allylic oxidation sites excluding steroid dienone is 1. The van der Waals surface area contributed by atoms with Crippen LogP contribution in [0.15, 0.2) is 108 Å². The predicted molar refractivity (Wildman–Crippen MR) is 175 cm³/mol. The van der Waals surface area contributed by atoms with Crippen molar-refractivity contribution in [1.82, 2.24) is 9.55 Å². The molecule has 10 heteroatoms. The van der Waals surface area contributed by atoms with Crippen molar-refractivity contribution in [2.75, 3.05) is 14.2 Å². The van der Waals surface area contributed by atoms with Gasteiger partial charge in [0.05, 0.1) is 40.7 Å². The zero-order valence-electron chi connectivity index (χ0n) is 23.8. The maximum absolute atomic E-state index is 14.2. The predicted octanol–water partition coefficient (Wildman–Crippen LogP) is 6.69. The lowest BCUT2D eigenvalue weighted by molar-refractivity contribution is 0.392. The molecule has 0 saturated heterocycles. The summed E-state index contributed by atoms with van der Waals surface area (Å²) in [5.41, 5.74) is 6.13. The van der Waals surface area contributed by atoms with Gasteiger partial charge in [-0.25, -0.2) is 9.98 Å². The number of hydrogen-bond donors (Lipinski definition) is 0. The van der Waals surface area contributed by atoms with Crippen molar-refractivity contribution in [3.8, 4) is 11.5 Å². The average molecular weight is 636 g/mol. The summed E-state index contributed by atoms with van der Waals surface area (Å²) in [4.78, 5) is 24.7. The third-order valence-electron chi connectivity index (χ3n) is 7.94. The molecule has 0 saturated carbocycles. The van der Waals surface area contributed by atoms with Crippen LogP contribution >= 0.6 is 34.4 Å². The Morgan fingerprint density at radius 2 is 1.84 bits per heavy atom. The molecule has 0 amide bonds. The Labute approximate surface area is 264 Å². The molecule has 0 bridgehead atoms. The molecular formula is C34H25N3O4S3. The Balaban J connectivity index is 1.25. The minimum Gasteiger partial charge on any atom is -0.497 e. The van der Waals surface area contributed by atoms with E-state index in [0.29, 0.717) is 31.7 Å². The highest BCUT2D eigenvalue weighted by Gasteiger charge is 2.34. The van der Waals surface area contributed by atoms with E-state index in [1.54, 1.807) is 30.1 Å². The highest BCUT2D eigenvalue weighted by Crippen LogP contribution is 2.44. The lowest BCUT2D eigenvalue weighted by Crippen LogP contribution is -2.39. The zero-order valence-corrected chi connectivity index (χ0v) is 26.2. The fraction of sp³-hybridized carbons (Fsp3) is 0.147. The molecule has 8 rings (SSSR count). The second-order valence-electron chi connectivity index (χ2n) is 10.4. The number of para-hydroxylation sites is 1. The molecule has 3 aromatic heterocycles. The van der Waals surface area contributed by atoms with E-state index in [2.05, 4.69) is 24.3 Å². The molecular weight excluding hydrogens is 611 g/mol. The lowest BCUT2D eigenvalue weighted by atomic mass is 9.83. The fourth-order valence-electron chi connectivity index (χ4n) is 5.93. The molecule has 6 aromatic rings. The monoisotopic (exact) mass is 635 g/mol. The maximum atomic E-state index is 14.2. The van der Waals surface area contributed by atoms with E-state index in [1.165, 1.54) is 28.7 Å². The standard InChI is InChI=1S/C34H25N3O4S3/c1-39-20-12-15-26(40-2)24(17-20)31-23-14-11-19-7-3-4-8-22(19)30(23)36-33-37(31)32(38)28(42-33)18-21-13-16-29(41-21)44-34-35-25-9-5-6-10-27(25)43-34/h3-10,12-13,15-18,31H,11,14H2,1-2H3. The van der Waals surface area contributed by atoms with Crippen LogP contribution in [0.1, 0.15) is 34.9 Å². The van der Waals surface area contributed by atoms with Gasteiger partial charge in [-0.05, 0) is 78.2 Å². The summed E-state index contributed by atoms with van der Waals surface area (Å²) < 4.78 is 22.0. The Kier molecular flexibility index (Phi) is 6.77. The summed E-state index contributed by atoms with van der Waals surface area (Å²) in [5, 5.41) is 0.717. The zero-order chi connectivity index (χ0) is 29.8. The molecule has 44 heavy (non-hydrogen) atoms. The molecule has 0 radical (unpaired) electrons. The van der Waals surface area contributed by atoms with Crippen LogP contribution in [0.3, 0.4) is 0 Å². The maximum Gasteiger partial charge on any atom is 0.271 e. The lowest BCUT2D eigenvalue weighted by Gasteiger charge is -2.31. The van der Waals surface area contributed by atoms with Gasteiger partial charge < -0.3 is 13.9 Å². The number of thiazole rings is 2. The van der Waals surface area contributed by atoms with Gasteiger partial charge in [-0.1, -0.05) is 47.7 Å². The minimum absolute atomic E-state index is 0.120. The van der Waals surface area contributed by atoms with Crippen LogP contribution in [-0.2, 0) is 6.42 Å². The largest absolute Gasteiger partial charge is 0.497 e. The van der Waals surface area contributed by atoms with E-state index < -0.39 is 0 Å². The van der Waals surface area contributed by atoms with Gasteiger partial charge in [0.25, 0.3) is 5.56 Å². The molecule has 1 aliphatic carbocycles. The number of hydrogen-bond acceptors (Lipinski definition) is 9. The van der Waals surface area contributed by atoms with E-state index in [4.69, 9.17) is 23.9 Å². The summed E-state index contributed by atoms with van der Waals surface area (Å²) in [6.45, 7) is 0. The van der Waals surface area contributed by atoms with Crippen molar-refractivity contribution in [2.45, 2.75) is 28.3 Å². The molecule has 0 fully saturated rings. The Morgan fingerprint density at radius 3 is 2.70 bits per heavy atom. The number of methoxy groups -OCH3 is 2. The molecule has 1 unspecified atom stereocenters. The summed E-state index contributed by atoms with van der Waals surface area (Å²) in [6, 6.07) is 25.6. The Morgan fingerprint density at radius 1 is 0.977 bits per heavy atom. The third-order valence-corrected chi connectivity index (χ3v) is 10.9. The third kappa shape index (κ3) is 4.61. The normalized spacial score (nSPS) is 16.0. The van der Waals surface area contributed by atoms with Crippen molar-refractivity contribution in [2.24, 2.45) is 4.99 Å². The summed E-state index contributed by atoms with van der Waals surface area (Å²) in [5.74, 6) is 2.00. The van der Waals surface area contributed by atoms with Crippen LogP contribution in [0.5, 0.6) is 11.5 Å². The van der Waals surface area contributed by atoms with Gasteiger partial charge in [-0.2, -0.15) is 0 Å². The number of benzene rings is 3. The number of nitrogens with zero attached hydrogens (tertiary/aromatic N) is 3. The van der Waals surface area contributed by atoms with Gasteiger partial charge in [-0.15, -0.1) is 11.3 Å². The first-order valence-electron chi connectivity index (χ1n) is 14.1. The topological polar surface area (TPSA) is 78.8 Å². The van der Waals surface area contributed by atoms with Gasteiger partial charge in [0, 0.05) is 17.2 Å². The van der Waals surface area contributed by atoms with Crippen molar-refractivity contribution >= 4 is 56.4 Å². The number of fused-ring (bicyclic) bond motifs is 4. The van der Waals surface area contributed by atoms with Crippen LogP contribution in [0, 0.1) is 0 Å². The summed E-state index contributed by atoms with van der Waals surface area (Å²) in [6.07, 6.45) is 3.47. The minimum atomic E-state index is -0.386. The second-order valence-corrected chi connectivity index (χ2v) is 13.7. The number of aromatic nitrogens is 2. The van der Waals surface area contributed by atoms with E-state index in [0.717, 1.165) is 49.8 Å². The van der Waals surface area contributed by atoms with Crippen LogP contribution in [0.25, 0.3) is 22.0 Å². The molecule has 1 aliphatic heterocycles. The van der Waals surface area contributed by atoms with Crippen molar-refractivity contribution in [1.29, 1.82) is 0 Å². The van der Waals surface area contributed by atoms with E-state index in [9.17, 15) is 4.79 Å². The fourth-order valence-corrected chi connectivity index (χ4v) is 8.88. The van der Waals surface area contributed by atoms with Gasteiger partial charge in [0.2, 0.25) is 0 Å². The van der Waals surface area contributed by atoms with Gasteiger partial charge in [0.1, 0.15) is 17.3 Å². The van der Waals surface area contributed by atoms with E-state index >= 15 is 0 Å². The number of rotatable bonds is 6. The van der Waals surface area contributed by atoms with Crippen molar-refractivity contribution in [3.63, 3.8) is 0 Å². The summed E-state index contributed by atoms with van der Waals surface area (Å²) in [7, 11) is 3.30. The molecule has 7 nitrogen and oxygen atoms in total. The highest BCUT2D eigenvalue weighted by molar-refractivity contribution is 8.01. The number of ether oxygens (including phenoxy) is 2. The van der Waals surface area contributed by atoms with Crippen molar-refractivity contribution in [3.05, 3.63) is 127 Å². The van der Waals surface area contributed by atoms with E-state index in [-0.39, 0.29) is 11.6 Å². The van der Waals surface area contributed by atoms with Gasteiger partial charge >= 0.3 is 0 Å². The Bertz CT molecular complexity index is 2260. The molecule has 2 aliphatic rings. The second kappa shape index (κ2) is 11.0. The van der Waals surface area contributed by atoms with E-state index in [1.807, 2.05) is 60.7 Å². The molecule has 3 aromatic carbocycles. The van der Waals surface area contributed by atoms with Crippen LogP contribution < -0.4 is 24.4 Å². The van der Waals surface area contributed by atoms with Crippen LogP contribution in [-0.4, -0.2) is 23.8 Å². The van der Waals surface area contributed by atoms with Crippen LogP contribution in [0.2, 0.25) is 0 Å².